The van der Waals surface area contributed by atoms with E-state index in [0.29, 0.717) is 5.56 Å². The van der Waals surface area contributed by atoms with Gasteiger partial charge in [0.15, 0.2) is 0 Å². The number of amides is 1. The minimum Gasteiger partial charge on any atom is -0.461 e. The van der Waals surface area contributed by atoms with Crippen molar-refractivity contribution in [1.82, 2.24) is 9.88 Å². The summed E-state index contributed by atoms with van der Waals surface area (Å²) >= 11 is 0. The zero-order valence-corrected chi connectivity index (χ0v) is 15.2. The lowest BCUT2D eigenvalue weighted by molar-refractivity contribution is 0.00207. The second-order valence-electron chi connectivity index (χ2n) is 7.09. The molecule has 0 bridgehead atoms. The normalized spacial score (nSPS) is 17.1. The Balaban J connectivity index is 2.00. The second-order valence-corrected chi connectivity index (χ2v) is 7.09. The molecule has 2 rings (SSSR count). The monoisotopic (exact) mass is 352 g/mol. The smallest absolute Gasteiger partial charge is 0.410 e. The molecule has 1 aromatic rings. The minimum absolute atomic E-state index is 0.153. The Morgan fingerprint density at radius 3 is 2.40 bits per heavy atom. The molecule has 1 fully saturated rings. The summed E-state index contributed by atoms with van der Waals surface area (Å²) in [5.41, 5.74) is -1.59. The Morgan fingerprint density at radius 1 is 1.28 bits per heavy atom. The van der Waals surface area contributed by atoms with E-state index in [9.17, 15) is 9.59 Å². The van der Waals surface area contributed by atoms with Gasteiger partial charge in [0.05, 0.1) is 6.61 Å². The van der Waals surface area contributed by atoms with Crippen molar-refractivity contribution in [2.24, 2.45) is 0 Å². The number of halogens is 1. The molecule has 0 atom stereocenters. The molecule has 0 aromatic carbocycles. The van der Waals surface area contributed by atoms with E-state index in [1.807, 2.05) is 0 Å². The van der Waals surface area contributed by atoms with Crippen molar-refractivity contribution in [3.63, 3.8) is 0 Å². The number of pyridine rings is 1. The van der Waals surface area contributed by atoms with Crippen LogP contribution in [0.25, 0.3) is 0 Å². The Labute approximate surface area is 147 Å². The average Bonchev–Trinajstić information content (AvgIpc) is 2.54. The lowest BCUT2D eigenvalue weighted by Gasteiger charge is -2.37. The standard InChI is InChI=1S/C18H25FN2O4/c1-5-24-15(22)14-7-6-13(12-20-14)18(19)8-10-21(11-9-18)16(23)25-17(2,3)4/h6-7,12H,5,8-11H2,1-4H3. The number of ether oxygens (including phenoxy) is 2. The Morgan fingerprint density at radius 2 is 1.92 bits per heavy atom. The van der Waals surface area contributed by atoms with E-state index in [1.54, 1.807) is 33.8 Å². The SMILES string of the molecule is CCOC(=O)c1ccc(C2(F)CCN(C(=O)OC(C)(C)C)CC2)cn1. The summed E-state index contributed by atoms with van der Waals surface area (Å²) in [4.78, 5) is 29.2. The van der Waals surface area contributed by atoms with Gasteiger partial charge in [-0.15, -0.1) is 0 Å². The van der Waals surface area contributed by atoms with Gasteiger partial charge in [0, 0.05) is 37.7 Å². The van der Waals surface area contributed by atoms with Gasteiger partial charge in [0.2, 0.25) is 0 Å². The molecule has 0 unspecified atom stereocenters. The van der Waals surface area contributed by atoms with Gasteiger partial charge in [-0.05, 0) is 33.8 Å². The highest BCUT2D eigenvalue weighted by Gasteiger charge is 2.39. The molecule has 6 nitrogen and oxygen atoms in total. The summed E-state index contributed by atoms with van der Waals surface area (Å²) in [7, 11) is 0. The molecule has 0 N–H and O–H groups in total. The van der Waals surface area contributed by atoms with Crippen LogP contribution < -0.4 is 0 Å². The average molecular weight is 352 g/mol. The van der Waals surface area contributed by atoms with E-state index in [1.165, 1.54) is 17.2 Å². The fourth-order valence-corrected chi connectivity index (χ4v) is 2.64. The maximum atomic E-state index is 15.2. The number of likely N-dealkylation sites (tertiary alicyclic amines) is 1. The molecule has 1 saturated heterocycles. The van der Waals surface area contributed by atoms with E-state index in [0.717, 1.165) is 0 Å². The highest BCUT2D eigenvalue weighted by atomic mass is 19.1. The molecule has 0 radical (unpaired) electrons. The van der Waals surface area contributed by atoms with Crippen LogP contribution in [0.3, 0.4) is 0 Å². The van der Waals surface area contributed by atoms with E-state index in [4.69, 9.17) is 9.47 Å². The van der Waals surface area contributed by atoms with E-state index >= 15 is 4.39 Å². The van der Waals surface area contributed by atoms with Crippen LogP contribution in [0.5, 0.6) is 0 Å². The molecule has 1 aliphatic heterocycles. The number of alkyl halides is 1. The molecular weight excluding hydrogens is 327 g/mol. The van der Waals surface area contributed by atoms with Crippen LogP contribution in [0.1, 0.15) is 56.6 Å². The first-order valence-electron chi connectivity index (χ1n) is 8.45. The number of carbonyl (C=O) groups is 2. The quantitative estimate of drug-likeness (QED) is 0.779. The van der Waals surface area contributed by atoms with Crippen LogP contribution >= 0.6 is 0 Å². The number of nitrogens with zero attached hydrogens (tertiary/aromatic N) is 2. The van der Waals surface area contributed by atoms with Crippen LogP contribution in [0, 0.1) is 0 Å². The van der Waals surface area contributed by atoms with Crippen molar-refractivity contribution in [2.75, 3.05) is 19.7 Å². The van der Waals surface area contributed by atoms with Gasteiger partial charge in [0.25, 0.3) is 0 Å². The number of hydrogen-bond donors (Lipinski definition) is 0. The van der Waals surface area contributed by atoms with Crippen molar-refractivity contribution < 1.29 is 23.5 Å². The van der Waals surface area contributed by atoms with Crippen molar-refractivity contribution in [2.45, 2.75) is 51.8 Å². The number of carbonyl (C=O) groups excluding carboxylic acids is 2. The zero-order valence-electron chi connectivity index (χ0n) is 15.2. The summed E-state index contributed by atoms with van der Waals surface area (Å²) < 4.78 is 25.4. The fraction of sp³-hybridized carbons (Fsp3) is 0.611. The number of piperidine rings is 1. The van der Waals surface area contributed by atoms with Gasteiger partial charge in [-0.3, -0.25) is 0 Å². The van der Waals surface area contributed by atoms with Gasteiger partial charge in [-0.2, -0.15) is 0 Å². The second kappa shape index (κ2) is 7.37. The summed E-state index contributed by atoms with van der Waals surface area (Å²) in [6.07, 6.45) is 1.26. The van der Waals surface area contributed by atoms with Crippen molar-refractivity contribution in [3.05, 3.63) is 29.6 Å². The van der Waals surface area contributed by atoms with Crippen LogP contribution in [-0.4, -0.2) is 47.2 Å². The molecule has 138 valence electrons. The molecule has 1 aliphatic rings. The molecular formula is C18H25FN2O4. The summed E-state index contributed by atoms with van der Waals surface area (Å²) in [6, 6.07) is 3.03. The topological polar surface area (TPSA) is 68.7 Å². The Kier molecular flexibility index (Phi) is 5.65. The number of rotatable bonds is 3. The van der Waals surface area contributed by atoms with E-state index in [2.05, 4.69) is 4.98 Å². The Hall–Kier alpha value is -2.18. The first-order chi connectivity index (χ1) is 11.6. The lowest BCUT2D eigenvalue weighted by atomic mass is 9.87. The molecule has 0 spiro atoms. The van der Waals surface area contributed by atoms with E-state index in [-0.39, 0.29) is 38.2 Å². The summed E-state index contributed by atoms with van der Waals surface area (Å²) in [5, 5.41) is 0. The van der Waals surface area contributed by atoms with Gasteiger partial charge in [0.1, 0.15) is 17.0 Å². The summed E-state index contributed by atoms with van der Waals surface area (Å²) in [5.74, 6) is -0.526. The first-order valence-corrected chi connectivity index (χ1v) is 8.45. The largest absolute Gasteiger partial charge is 0.461 e. The number of hydrogen-bond acceptors (Lipinski definition) is 5. The molecule has 0 aliphatic carbocycles. The van der Waals surface area contributed by atoms with Gasteiger partial charge >= 0.3 is 12.1 Å². The molecule has 1 aromatic heterocycles. The molecule has 7 heteroatoms. The number of aromatic nitrogens is 1. The van der Waals surface area contributed by atoms with Crippen LogP contribution in [0.2, 0.25) is 0 Å². The highest BCUT2D eigenvalue weighted by molar-refractivity contribution is 5.87. The van der Waals surface area contributed by atoms with Crippen LogP contribution in [-0.2, 0) is 15.1 Å². The minimum atomic E-state index is -1.57. The van der Waals surface area contributed by atoms with E-state index < -0.39 is 23.3 Å². The third kappa shape index (κ3) is 4.90. The Bertz CT molecular complexity index is 617. The molecule has 25 heavy (non-hydrogen) atoms. The van der Waals surface area contributed by atoms with Crippen molar-refractivity contribution >= 4 is 12.1 Å². The lowest BCUT2D eigenvalue weighted by Crippen LogP contribution is -2.45. The van der Waals surface area contributed by atoms with Gasteiger partial charge in [-0.25, -0.2) is 19.0 Å². The molecule has 0 saturated carbocycles. The number of esters is 1. The maximum absolute atomic E-state index is 15.2. The highest BCUT2D eigenvalue weighted by Crippen LogP contribution is 2.37. The van der Waals surface area contributed by atoms with Crippen LogP contribution in [0.4, 0.5) is 9.18 Å². The predicted molar refractivity (Wildman–Crippen MR) is 90.0 cm³/mol. The van der Waals surface area contributed by atoms with Crippen LogP contribution in [0.15, 0.2) is 18.3 Å². The maximum Gasteiger partial charge on any atom is 0.410 e. The van der Waals surface area contributed by atoms with Crippen molar-refractivity contribution in [1.29, 1.82) is 0 Å². The van der Waals surface area contributed by atoms with Gasteiger partial charge in [-0.1, -0.05) is 6.07 Å². The van der Waals surface area contributed by atoms with Crippen molar-refractivity contribution in [3.8, 4) is 0 Å². The summed E-state index contributed by atoms with van der Waals surface area (Å²) in [6.45, 7) is 7.90. The molecule has 1 amide bonds. The predicted octanol–water partition coefficient (Wildman–Crippen LogP) is 3.45. The third-order valence-corrected chi connectivity index (χ3v) is 3.97. The zero-order chi connectivity index (χ0) is 18.7. The molecule has 2 heterocycles. The fourth-order valence-electron chi connectivity index (χ4n) is 2.64. The first kappa shape index (κ1) is 19.1. The van der Waals surface area contributed by atoms with Gasteiger partial charge < -0.3 is 14.4 Å². The third-order valence-electron chi connectivity index (χ3n) is 3.97.